The van der Waals surface area contributed by atoms with E-state index in [1.807, 2.05) is 0 Å². The van der Waals surface area contributed by atoms with Gasteiger partial charge in [-0.25, -0.2) is 18.4 Å². The van der Waals surface area contributed by atoms with Gasteiger partial charge in [0.2, 0.25) is 0 Å². The van der Waals surface area contributed by atoms with E-state index in [0.717, 1.165) is 18.2 Å². The standard InChI is InChI=1S/C41H44F19NO6Si/c1-7-18-65-31(62)10-8-9-25(6)32(67-33(63)61-30-16-13-27(42)22-29(30)43)26-11-14-28(15-12-26)64-19-20-66-68(23(2)3,24(4)5)21-17-34(44,45)35(46,47)36(48,49)37(50,51)38(52,53)39(54,55)40(56,57)41(58,59)60/h7-8,10-16,22-25,32H,1,9,17-21H2,2-6H3,(H,61,63)/b10-8+/t25-,32-/m0/s1. The summed E-state index contributed by atoms with van der Waals surface area (Å²) in [6.07, 6.45) is -8.87. The minimum absolute atomic E-state index is 0.0394. The third kappa shape index (κ3) is 12.4. The molecule has 0 heterocycles. The highest BCUT2D eigenvalue weighted by molar-refractivity contribution is 6.76. The Balaban J connectivity index is 2.31. The molecule has 0 aliphatic rings. The molecular weight excluding hydrogens is 992 g/mol. The summed E-state index contributed by atoms with van der Waals surface area (Å²) in [6, 6.07) is 6.32. The van der Waals surface area contributed by atoms with Crippen molar-refractivity contribution < 1.29 is 112 Å². The number of amides is 1. The van der Waals surface area contributed by atoms with Crippen molar-refractivity contribution in [3.8, 4) is 5.75 Å². The van der Waals surface area contributed by atoms with Crippen molar-refractivity contribution in [1.29, 1.82) is 0 Å². The van der Waals surface area contributed by atoms with Gasteiger partial charge in [0.05, 0.1) is 12.3 Å². The van der Waals surface area contributed by atoms with Crippen LogP contribution in [0.4, 0.5) is 93.9 Å². The molecule has 68 heavy (non-hydrogen) atoms. The van der Waals surface area contributed by atoms with Crippen molar-refractivity contribution in [3.63, 3.8) is 0 Å². The van der Waals surface area contributed by atoms with Crippen molar-refractivity contribution in [2.24, 2.45) is 5.92 Å². The highest BCUT2D eigenvalue weighted by Gasteiger charge is 2.95. The maximum atomic E-state index is 15.0. The van der Waals surface area contributed by atoms with Crippen LogP contribution in [0.2, 0.25) is 17.1 Å². The Kier molecular flexibility index (Phi) is 19.2. The predicted octanol–water partition coefficient (Wildman–Crippen LogP) is 14.1. The molecule has 386 valence electrons. The van der Waals surface area contributed by atoms with Gasteiger partial charge in [0.25, 0.3) is 0 Å². The molecule has 0 aliphatic carbocycles. The van der Waals surface area contributed by atoms with Crippen LogP contribution >= 0.6 is 0 Å². The Morgan fingerprint density at radius 3 is 1.71 bits per heavy atom. The zero-order valence-corrected chi connectivity index (χ0v) is 37.2. The van der Waals surface area contributed by atoms with E-state index in [1.54, 1.807) is 6.92 Å². The molecule has 7 nitrogen and oxygen atoms in total. The topological polar surface area (TPSA) is 83.1 Å². The molecule has 0 bridgehead atoms. The number of anilines is 1. The Morgan fingerprint density at radius 2 is 1.22 bits per heavy atom. The predicted molar refractivity (Wildman–Crippen MR) is 207 cm³/mol. The number of rotatable bonds is 25. The molecule has 0 fully saturated rings. The molecule has 0 saturated carbocycles. The first-order valence-electron chi connectivity index (χ1n) is 19.8. The second kappa shape index (κ2) is 21.9. The third-order valence-corrected chi connectivity index (χ3v) is 16.2. The van der Waals surface area contributed by atoms with Crippen LogP contribution < -0.4 is 10.1 Å². The molecule has 2 aromatic carbocycles. The van der Waals surface area contributed by atoms with E-state index in [1.165, 1.54) is 64.1 Å². The molecule has 0 unspecified atom stereocenters. The smallest absolute Gasteiger partial charge is 0.460 e. The van der Waals surface area contributed by atoms with E-state index in [9.17, 15) is 84.2 Å². The number of carbonyl (C=O) groups is 2. The van der Waals surface area contributed by atoms with Gasteiger partial charge < -0.3 is 18.6 Å². The molecule has 27 heteroatoms. The minimum atomic E-state index is -8.72. The lowest BCUT2D eigenvalue weighted by Crippen LogP contribution is -2.74. The second-order valence-corrected chi connectivity index (χ2v) is 20.8. The van der Waals surface area contributed by atoms with Gasteiger partial charge in [-0.2, -0.15) is 74.6 Å². The first-order valence-corrected chi connectivity index (χ1v) is 22.0. The van der Waals surface area contributed by atoms with Crippen LogP contribution in [0, 0.1) is 17.6 Å². The van der Waals surface area contributed by atoms with Crippen molar-refractivity contribution in [2.75, 3.05) is 25.1 Å². The number of halogens is 19. The van der Waals surface area contributed by atoms with Crippen LogP contribution in [0.15, 0.2) is 67.3 Å². The average Bonchev–Trinajstić information content (AvgIpc) is 3.21. The number of ether oxygens (including phenoxy) is 3. The summed E-state index contributed by atoms with van der Waals surface area (Å²) in [4.78, 5) is 24.7. The number of alkyl halides is 17. The van der Waals surface area contributed by atoms with Gasteiger partial charge in [0.15, 0.2) is 8.32 Å². The number of hydrogen-bond acceptors (Lipinski definition) is 6. The lowest BCUT2D eigenvalue weighted by atomic mass is 9.88. The quantitative estimate of drug-likeness (QED) is 0.0266. The zero-order valence-electron chi connectivity index (χ0n) is 36.2. The fourth-order valence-electron chi connectivity index (χ4n) is 6.55. The molecule has 0 radical (unpaired) electrons. The third-order valence-electron chi connectivity index (χ3n) is 10.5. The Morgan fingerprint density at radius 1 is 0.706 bits per heavy atom. The van der Waals surface area contributed by atoms with Gasteiger partial charge in [0, 0.05) is 24.5 Å². The molecule has 0 aliphatic heterocycles. The summed E-state index contributed by atoms with van der Waals surface area (Å²) >= 11 is 0. The lowest BCUT2D eigenvalue weighted by molar-refractivity contribution is -0.461. The molecular formula is C41H44F19NO6Si. The van der Waals surface area contributed by atoms with E-state index >= 15 is 8.78 Å². The largest absolute Gasteiger partial charge is 0.491 e. The highest BCUT2D eigenvalue weighted by Crippen LogP contribution is 2.64. The van der Waals surface area contributed by atoms with E-state index in [4.69, 9.17) is 18.6 Å². The fourth-order valence-corrected chi connectivity index (χ4v) is 11.0. The zero-order chi connectivity index (χ0) is 52.7. The van der Waals surface area contributed by atoms with Crippen LogP contribution in [0.3, 0.4) is 0 Å². The number of nitrogens with one attached hydrogen (secondary N) is 1. The number of benzene rings is 2. The summed E-state index contributed by atoms with van der Waals surface area (Å²) in [5.74, 6) is -60.4. The molecule has 0 spiro atoms. The normalized spacial score (nSPS) is 14.9. The van der Waals surface area contributed by atoms with Crippen LogP contribution in [0.25, 0.3) is 0 Å². The molecule has 0 saturated heterocycles. The summed E-state index contributed by atoms with van der Waals surface area (Å²) in [5.41, 5.74) is -2.01. The molecule has 2 aromatic rings. The Labute approximate surface area is 377 Å². The van der Waals surface area contributed by atoms with Gasteiger partial charge >= 0.3 is 59.7 Å². The monoisotopic (exact) mass is 1040 g/mol. The molecule has 1 N–H and O–H groups in total. The van der Waals surface area contributed by atoms with Crippen LogP contribution in [0.1, 0.15) is 59.1 Å². The van der Waals surface area contributed by atoms with Gasteiger partial charge in [0.1, 0.15) is 36.7 Å². The van der Waals surface area contributed by atoms with E-state index < -0.39 is 134 Å². The minimum Gasteiger partial charge on any atom is -0.491 e. The SMILES string of the molecule is C=CCOC(=O)/C=C/C[C@H](C)[C@H](OC(=O)Nc1ccc(F)cc1F)c1ccc(OCCO[Si](CCC(F)(F)C(F)(F)C(F)(F)C(F)(F)C(F)(F)C(F)(F)C(F)(F)C(F)(F)F)(C(C)C)C(C)C)cc1. The number of esters is 1. The van der Waals surface area contributed by atoms with Gasteiger partial charge in [-0.1, -0.05) is 65.5 Å². The van der Waals surface area contributed by atoms with Crippen molar-refractivity contribution in [3.05, 3.63) is 84.5 Å². The van der Waals surface area contributed by atoms with E-state index in [-0.39, 0.29) is 24.3 Å². The molecule has 2 atom stereocenters. The lowest BCUT2D eigenvalue weighted by Gasteiger charge is -2.44. The van der Waals surface area contributed by atoms with Crippen LogP contribution in [-0.4, -0.2) is 87.8 Å². The first-order chi connectivity index (χ1) is 30.8. The summed E-state index contributed by atoms with van der Waals surface area (Å²) in [5, 5.41) is 2.13. The highest BCUT2D eigenvalue weighted by atomic mass is 28.4. The van der Waals surface area contributed by atoms with Crippen molar-refractivity contribution >= 4 is 26.1 Å². The van der Waals surface area contributed by atoms with Gasteiger partial charge in [-0.3, -0.25) is 5.32 Å². The maximum absolute atomic E-state index is 15.0. The number of carbonyl (C=O) groups excluding carboxylic acids is 2. The summed E-state index contributed by atoms with van der Waals surface area (Å²) in [7, 11) is -4.06. The first kappa shape index (κ1) is 59.4. The Hall–Kier alpha value is -4.69. The van der Waals surface area contributed by atoms with Crippen LogP contribution in [-0.2, 0) is 18.7 Å². The van der Waals surface area contributed by atoms with Gasteiger partial charge in [-0.05, 0) is 53.4 Å². The summed E-state index contributed by atoms with van der Waals surface area (Å²) in [6.45, 7) is 9.00. The van der Waals surface area contributed by atoms with Crippen molar-refractivity contribution in [1.82, 2.24) is 0 Å². The van der Waals surface area contributed by atoms with Crippen LogP contribution in [0.5, 0.6) is 5.75 Å². The maximum Gasteiger partial charge on any atom is 0.460 e. The van der Waals surface area contributed by atoms with Crippen molar-refractivity contribution in [2.45, 2.75) is 118 Å². The van der Waals surface area contributed by atoms with E-state index in [2.05, 4.69) is 11.9 Å². The summed E-state index contributed by atoms with van der Waals surface area (Å²) < 4.78 is 285. The molecule has 1 amide bonds. The van der Waals surface area contributed by atoms with Gasteiger partial charge in [-0.15, -0.1) is 0 Å². The molecule has 0 aromatic heterocycles. The van der Waals surface area contributed by atoms with E-state index in [0.29, 0.717) is 6.07 Å². The molecule has 2 rings (SSSR count). The number of hydrogen-bond donors (Lipinski definition) is 1. The Bertz CT molecular complexity index is 2040. The average molecular weight is 1040 g/mol. The fraction of sp³-hybridized carbons (Fsp3) is 0.561. The second-order valence-electron chi connectivity index (χ2n) is 15.8. The number of allylic oxidation sites excluding steroid dienone is 1.